The predicted molar refractivity (Wildman–Crippen MR) is 83.4 cm³/mol. The molecule has 0 bridgehead atoms. The monoisotopic (exact) mass is 370 g/mol. The highest BCUT2D eigenvalue weighted by molar-refractivity contribution is 5.98. The van der Waals surface area contributed by atoms with E-state index in [1.54, 1.807) is 0 Å². The number of ketones is 1. The molecular weight excluding hydrogens is 356 g/mol. The van der Waals surface area contributed by atoms with E-state index < -0.39 is 35.9 Å². The summed E-state index contributed by atoms with van der Waals surface area (Å²) in [6.07, 6.45) is -4.75. The first kappa shape index (κ1) is 19.4. The summed E-state index contributed by atoms with van der Waals surface area (Å²) in [5, 5.41) is 0. The molecule has 2 aromatic rings. The number of ether oxygens (including phenoxy) is 2. The molecule has 0 unspecified atom stereocenters. The van der Waals surface area contributed by atoms with Crippen molar-refractivity contribution in [3.05, 3.63) is 65.0 Å². The minimum Gasteiger partial charge on any atom is -0.494 e. The Morgan fingerprint density at radius 3 is 2.23 bits per heavy atom. The highest BCUT2D eigenvalue weighted by Crippen LogP contribution is 2.29. The molecular formula is C18H14F4O4. The maximum absolute atomic E-state index is 13.5. The fourth-order valence-corrected chi connectivity index (χ4v) is 2.10. The molecule has 0 aliphatic carbocycles. The molecule has 0 fully saturated rings. The topological polar surface area (TPSA) is 52.6 Å². The lowest BCUT2D eigenvalue weighted by Gasteiger charge is -2.08. The van der Waals surface area contributed by atoms with E-state index in [1.807, 2.05) is 0 Å². The Balaban J connectivity index is 1.90. The maximum Gasteiger partial charge on any atom is 0.416 e. The minimum atomic E-state index is -4.46. The summed E-state index contributed by atoms with van der Waals surface area (Å²) in [6, 6.07) is 7.59. The smallest absolute Gasteiger partial charge is 0.416 e. The number of alkyl halides is 3. The van der Waals surface area contributed by atoms with Gasteiger partial charge >= 0.3 is 12.1 Å². The van der Waals surface area contributed by atoms with Gasteiger partial charge in [0.05, 0.1) is 19.1 Å². The minimum absolute atomic E-state index is 0.00521. The zero-order valence-electron chi connectivity index (χ0n) is 13.6. The molecule has 0 aromatic heterocycles. The average Bonchev–Trinajstić information content (AvgIpc) is 2.59. The Bertz CT molecular complexity index is 798. The van der Waals surface area contributed by atoms with E-state index in [1.165, 1.54) is 19.2 Å². The third-order valence-corrected chi connectivity index (χ3v) is 3.47. The largest absolute Gasteiger partial charge is 0.494 e. The van der Waals surface area contributed by atoms with E-state index in [-0.39, 0.29) is 17.7 Å². The zero-order valence-corrected chi connectivity index (χ0v) is 13.6. The summed E-state index contributed by atoms with van der Waals surface area (Å²) in [5.74, 6) is -2.16. The summed E-state index contributed by atoms with van der Waals surface area (Å²) in [7, 11) is 1.28. The Labute approximate surface area is 146 Å². The van der Waals surface area contributed by atoms with Gasteiger partial charge in [0.15, 0.2) is 24.0 Å². The first-order valence-corrected chi connectivity index (χ1v) is 7.39. The predicted octanol–water partition coefficient (Wildman–Crippen LogP) is 3.82. The second-order valence-electron chi connectivity index (χ2n) is 5.30. The molecule has 0 radical (unpaired) electrons. The number of hydrogen-bond donors (Lipinski definition) is 0. The second kappa shape index (κ2) is 7.99. The van der Waals surface area contributed by atoms with Gasteiger partial charge in [0.25, 0.3) is 0 Å². The van der Waals surface area contributed by atoms with Gasteiger partial charge in [0, 0.05) is 5.56 Å². The Morgan fingerprint density at radius 2 is 1.69 bits per heavy atom. The number of hydrogen-bond acceptors (Lipinski definition) is 4. The van der Waals surface area contributed by atoms with Crippen LogP contribution in [0.15, 0.2) is 42.5 Å². The molecule has 8 heteroatoms. The van der Waals surface area contributed by atoms with Crippen molar-refractivity contribution in [2.24, 2.45) is 0 Å². The van der Waals surface area contributed by atoms with Crippen LogP contribution in [0.4, 0.5) is 17.6 Å². The van der Waals surface area contributed by atoms with E-state index in [2.05, 4.69) is 0 Å². The number of carbonyl (C=O) groups excluding carboxylic acids is 2. The van der Waals surface area contributed by atoms with Crippen molar-refractivity contribution >= 4 is 11.8 Å². The highest BCUT2D eigenvalue weighted by atomic mass is 19.4. The van der Waals surface area contributed by atoms with Gasteiger partial charge in [-0.15, -0.1) is 0 Å². The van der Waals surface area contributed by atoms with E-state index >= 15 is 0 Å². The van der Waals surface area contributed by atoms with Crippen molar-refractivity contribution in [2.75, 3.05) is 13.7 Å². The van der Waals surface area contributed by atoms with Gasteiger partial charge in [-0.3, -0.25) is 9.59 Å². The lowest BCUT2D eigenvalue weighted by Crippen LogP contribution is -2.16. The summed E-state index contributed by atoms with van der Waals surface area (Å²) in [5.41, 5.74) is -0.511. The number of esters is 1. The van der Waals surface area contributed by atoms with Crippen LogP contribution in [-0.2, 0) is 22.1 Å². The van der Waals surface area contributed by atoms with E-state index in [0.717, 1.165) is 30.3 Å². The highest BCUT2D eigenvalue weighted by Gasteiger charge is 2.30. The lowest BCUT2D eigenvalue weighted by molar-refractivity contribution is -0.141. The molecule has 2 rings (SSSR count). The third-order valence-electron chi connectivity index (χ3n) is 3.47. The molecule has 0 N–H and O–H groups in total. The summed E-state index contributed by atoms with van der Waals surface area (Å²) >= 11 is 0. The van der Waals surface area contributed by atoms with Crippen molar-refractivity contribution in [1.29, 1.82) is 0 Å². The van der Waals surface area contributed by atoms with Gasteiger partial charge < -0.3 is 9.47 Å². The van der Waals surface area contributed by atoms with Crippen molar-refractivity contribution in [3.8, 4) is 5.75 Å². The van der Waals surface area contributed by atoms with Crippen LogP contribution in [0.5, 0.6) is 5.75 Å². The van der Waals surface area contributed by atoms with Gasteiger partial charge in [-0.05, 0) is 35.9 Å². The van der Waals surface area contributed by atoms with E-state index in [4.69, 9.17) is 9.47 Å². The molecule has 0 amide bonds. The van der Waals surface area contributed by atoms with Gasteiger partial charge in [-0.25, -0.2) is 4.39 Å². The zero-order chi connectivity index (χ0) is 19.3. The normalized spacial score (nSPS) is 11.1. The van der Waals surface area contributed by atoms with Crippen LogP contribution in [0.1, 0.15) is 21.5 Å². The third kappa shape index (κ3) is 5.05. The number of benzene rings is 2. The molecule has 0 atom stereocenters. The summed E-state index contributed by atoms with van der Waals surface area (Å²) < 4.78 is 60.5. The molecule has 0 aliphatic heterocycles. The summed E-state index contributed by atoms with van der Waals surface area (Å²) in [4.78, 5) is 23.6. The van der Waals surface area contributed by atoms with Crippen LogP contribution in [0.25, 0.3) is 0 Å². The molecule has 0 heterocycles. The van der Waals surface area contributed by atoms with Gasteiger partial charge in [0.2, 0.25) is 0 Å². The van der Waals surface area contributed by atoms with Crippen LogP contribution >= 0.6 is 0 Å². The molecule has 2 aromatic carbocycles. The fourth-order valence-electron chi connectivity index (χ4n) is 2.10. The van der Waals surface area contributed by atoms with Crippen molar-refractivity contribution in [2.45, 2.75) is 12.6 Å². The number of rotatable bonds is 6. The first-order chi connectivity index (χ1) is 12.2. The fraction of sp³-hybridized carbons (Fsp3) is 0.222. The maximum atomic E-state index is 13.5. The standard InChI is InChI=1S/C18H14F4O4/c1-25-16-7-4-12(9-14(16)19)15(23)10-26-17(24)8-11-2-5-13(6-3-11)18(20,21)22/h2-7,9H,8,10H2,1H3. The SMILES string of the molecule is COc1ccc(C(=O)COC(=O)Cc2ccc(C(F)(F)F)cc2)cc1F. The van der Waals surface area contributed by atoms with Gasteiger partial charge in [-0.1, -0.05) is 12.1 Å². The van der Waals surface area contributed by atoms with Crippen molar-refractivity contribution < 1.29 is 36.6 Å². The molecule has 0 saturated heterocycles. The Morgan fingerprint density at radius 1 is 1.04 bits per heavy atom. The van der Waals surface area contributed by atoms with E-state index in [9.17, 15) is 27.2 Å². The second-order valence-corrected chi connectivity index (χ2v) is 5.30. The molecule has 26 heavy (non-hydrogen) atoms. The van der Waals surface area contributed by atoms with Crippen LogP contribution in [0, 0.1) is 5.82 Å². The Hall–Kier alpha value is -2.90. The number of halogens is 4. The summed E-state index contributed by atoms with van der Waals surface area (Å²) in [6.45, 7) is -0.606. The van der Waals surface area contributed by atoms with Crippen LogP contribution in [0.3, 0.4) is 0 Å². The van der Waals surface area contributed by atoms with Gasteiger partial charge in [0.1, 0.15) is 0 Å². The Kier molecular flexibility index (Phi) is 5.97. The lowest BCUT2D eigenvalue weighted by atomic mass is 10.1. The van der Waals surface area contributed by atoms with Crippen LogP contribution in [0.2, 0.25) is 0 Å². The van der Waals surface area contributed by atoms with Crippen LogP contribution in [-0.4, -0.2) is 25.5 Å². The average molecular weight is 370 g/mol. The van der Waals surface area contributed by atoms with Gasteiger partial charge in [-0.2, -0.15) is 13.2 Å². The first-order valence-electron chi connectivity index (χ1n) is 7.39. The number of Topliss-reactive ketones (excluding diaryl/α,β-unsaturated/α-hetero) is 1. The molecule has 0 aliphatic rings. The van der Waals surface area contributed by atoms with E-state index in [0.29, 0.717) is 5.56 Å². The van der Waals surface area contributed by atoms with Crippen molar-refractivity contribution in [1.82, 2.24) is 0 Å². The quantitative estimate of drug-likeness (QED) is 0.441. The number of methoxy groups -OCH3 is 1. The molecule has 138 valence electrons. The number of carbonyl (C=O) groups is 2. The molecule has 0 spiro atoms. The van der Waals surface area contributed by atoms with Crippen LogP contribution < -0.4 is 4.74 Å². The van der Waals surface area contributed by atoms with Crippen molar-refractivity contribution in [3.63, 3.8) is 0 Å². The molecule has 4 nitrogen and oxygen atoms in total. The molecule has 0 saturated carbocycles.